The van der Waals surface area contributed by atoms with Crippen LogP contribution in [0.2, 0.25) is 0 Å². The lowest BCUT2D eigenvalue weighted by molar-refractivity contribution is 0.0524. The van der Waals surface area contributed by atoms with Crippen LogP contribution in [0.1, 0.15) is 27.6 Å². The number of aromatic hydroxyl groups is 1. The topological polar surface area (TPSA) is 64.0 Å². The minimum atomic E-state index is -0.526. The van der Waals surface area contributed by atoms with E-state index in [0.29, 0.717) is 38.3 Å². The normalized spacial score (nSPS) is 16.6. The van der Waals surface area contributed by atoms with Crippen molar-refractivity contribution in [2.24, 2.45) is 0 Å². The second-order valence-corrected chi connectivity index (χ2v) is 6.48. The first-order chi connectivity index (χ1) is 12.1. The second kappa shape index (κ2) is 7.68. The predicted molar refractivity (Wildman–Crippen MR) is 96.6 cm³/mol. The Bertz CT molecular complexity index is 739. The fraction of sp³-hybridized carbons (Fsp3) is 0.350. The molecule has 0 aromatic heterocycles. The number of piperazine rings is 1. The quantitative estimate of drug-likeness (QED) is 0.896. The van der Waals surface area contributed by atoms with Crippen LogP contribution in [-0.2, 0) is 0 Å². The highest BCUT2D eigenvalue weighted by Crippen LogP contribution is 2.21. The van der Waals surface area contributed by atoms with Crippen molar-refractivity contribution in [2.45, 2.75) is 13.0 Å². The number of rotatable bonds is 4. The van der Waals surface area contributed by atoms with E-state index in [9.17, 15) is 15.0 Å². The first-order valence-corrected chi connectivity index (χ1v) is 8.59. The zero-order chi connectivity index (χ0) is 17.8. The molecule has 2 aromatic rings. The number of amides is 1. The molecule has 1 heterocycles. The molecule has 1 unspecified atom stereocenters. The lowest BCUT2D eigenvalue weighted by Gasteiger charge is -2.36. The zero-order valence-electron chi connectivity index (χ0n) is 14.4. The van der Waals surface area contributed by atoms with Crippen LogP contribution < -0.4 is 0 Å². The van der Waals surface area contributed by atoms with Gasteiger partial charge in [0, 0.05) is 32.7 Å². The average Bonchev–Trinajstić information content (AvgIpc) is 2.62. The van der Waals surface area contributed by atoms with E-state index in [1.165, 1.54) is 6.07 Å². The number of hydrogen-bond donors (Lipinski definition) is 2. The van der Waals surface area contributed by atoms with E-state index in [4.69, 9.17) is 0 Å². The molecule has 25 heavy (non-hydrogen) atoms. The summed E-state index contributed by atoms with van der Waals surface area (Å²) < 4.78 is 0. The largest absolute Gasteiger partial charge is 0.507 e. The third kappa shape index (κ3) is 4.00. The molecule has 0 bridgehead atoms. The van der Waals surface area contributed by atoms with Gasteiger partial charge in [0.05, 0.1) is 11.7 Å². The van der Waals surface area contributed by atoms with Gasteiger partial charge >= 0.3 is 0 Å². The van der Waals surface area contributed by atoms with Gasteiger partial charge in [0.1, 0.15) is 5.75 Å². The lowest BCUT2D eigenvalue weighted by atomic mass is 10.0. The summed E-state index contributed by atoms with van der Waals surface area (Å²) >= 11 is 0. The smallest absolute Gasteiger partial charge is 0.257 e. The third-order valence-corrected chi connectivity index (χ3v) is 4.77. The molecule has 1 saturated heterocycles. The number of phenols is 1. The maximum absolute atomic E-state index is 12.5. The van der Waals surface area contributed by atoms with Crippen molar-refractivity contribution >= 4 is 5.91 Å². The summed E-state index contributed by atoms with van der Waals surface area (Å²) in [5, 5.41) is 20.3. The number of β-amino-alcohol motifs (C(OH)–C–C–N with tert-alkyl or cyclic N) is 1. The number of aliphatic hydroxyl groups excluding tert-OH is 1. The standard InChI is InChI=1S/C20H24N2O3/c1-15-6-2-3-7-16(15)19(24)14-21-10-12-22(13-11-21)20(25)17-8-4-5-9-18(17)23/h2-9,19,23-24H,10-14H2,1H3. The van der Waals surface area contributed by atoms with Gasteiger partial charge in [0.2, 0.25) is 0 Å². The van der Waals surface area contributed by atoms with Crippen molar-refractivity contribution < 1.29 is 15.0 Å². The predicted octanol–water partition coefficient (Wildman–Crippen LogP) is 2.19. The molecule has 1 amide bonds. The van der Waals surface area contributed by atoms with Crippen molar-refractivity contribution in [3.8, 4) is 5.75 Å². The number of nitrogens with zero attached hydrogens (tertiary/aromatic N) is 2. The van der Waals surface area contributed by atoms with Crippen LogP contribution >= 0.6 is 0 Å². The third-order valence-electron chi connectivity index (χ3n) is 4.77. The Morgan fingerprint density at radius 2 is 1.68 bits per heavy atom. The molecule has 1 atom stereocenters. The Kier molecular flexibility index (Phi) is 5.36. The highest BCUT2D eigenvalue weighted by molar-refractivity contribution is 5.96. The average molecular weight is 340 g/mol. The van der Waals surface area contributed by atoms with Crippen LogP contribution in [0.15, 0.2) is 48.5 Å². The number of para-hydroxylation sites is 1. The number of carbonyl (C=O) groups excluding carboxylic acids is 1. The van der Waals surface area contributed by atoms with Crippen molar-refractivity contribution in [1.29, 1.82) is 0 Å². The summed E-state index contributed by atoms with van der Waals surface area (Å²) in [6.45, 7) is 5.16. The van der Waals surface area contributed by atoms with Gasteiger partial charge in [0.25, 0.3) is 5.91 Å². The van der Waals surface area contributed by atoms with Gasteiger partial charge in [-0.05, 0) is 30.2 Å². The molecule has 2 aromatic carbocycles. The molecule has 2 N–H and O–H groups in total. The number of carbonyl (C=O) groups is 1. The Morgan fingerprint density at radius 1 is 1.04 bits per heavy atom. The van der Waals surface area contributed by atoms with Crippen molar-refractivity contribution in [3.63, 3.8) is 0 Å². The van der Waals surface area contributed by atoms with E-state index < -0.39 is 6.10 Å². The highest BCUT2D eigenvalue weighted by Gasteiger charge is 2.25. The van der Waals surface area contributed by atoms with Crippen LogP contribution in [0.4, 0.5) is 0 Å². The molecule has 132 valence electrons. The van der Waals surface area contributed by atoms with E-state index in [2.05, 4.69) is 4.90 Å². The summed E-state index contributed by atoms with van der Waals surface area (Å²) in [5.74, 6) is -0.123. The van der Waals surface area contributed by atoms with E-state index in [1.807, 2.05) is 31.2 Å². The lowest BCUT2D eigenvalue weighted by Crippen LogP contribution is -2.49. The highest BCUT2D eigenvalue weighted by atomic mass is 16.3. The van der Waals surface area contributed by atoms with E-state index in [1.54, 1.807) is 23.1 Å². The van der Waals surface area contributed by atoms with E-state index >= 15 is 0 Å². The first kappa shape index (κ1) is 17.5. The van der Waals surface area contributed by atoms with Gasteiger partial charge in [-0.15, -0.1) is 0 Å². The van der Waals surface area contributed by atoms with Crippen LogP contribution in [0.5, 0.6) is 5.75 Å². The molecule has 5 nitrogen and oxygen atoms in total. The van der Waals surface area contributed by atoms with Crippen molar-refractivity contribution in [2.75, 3.05) is 32.7 Å². The second-order valence-electron chi connectivity index (χ2n) is 6.48. The fourth-order valence-electron chi connectivity index (χ4n) is 3.26. The first-order valence-electron chi connectivity index (χ1n) is 8.59. The molecule has 1 fully saturated rings. The molecule has 5 heteroatoms. The Morgan fingerprint density at radius 3 is 2.36 bits per heavy atom. The number of benzene rings is 2. The molecular formula is C20H24N2O3. The summed E-state index contributed by atoms with van der Waals surface area (Å²) in [7, 11) is 0. The minimum Gasteiger partial charge on any atom is -0.507 e. The maximum Gasteiger partial charge on any atom is 0.257 e. The van der Waals surface area contributed by atoms with Gasteiger partial charge in [-0.3, -0.25) is 9.69 Å². The monoisotopic (exact) mass is 340 g/mol. The number of aryl methyl sites for hydroxylation is 1. The summed E-state index contributed by atoms with van der Waals surface area (Å²) in [6.07, 6.45) is -0.526. The maximum atomic E-state index is 12.5. The fourth-order valence-corrected chi connectivity index (χ4v) is 3.26. The Labute approximate surface area is 148 Å². The van der Waals surface area contributed by atoms with Gasteiger partial charge in [-0.2, -0.15) is 0 Å². The molecule has 1 aliphatic heterocycles. The molecule has 3 rings (SSSR count). The van der Waals surface area contributed by atoms with Crippen LogP contribution in [-0.4, -0.2) is 58.6 Å². The molecular weight excluding hydrogens is 316 g/mol. The number of phenolic OH excluding ortho intramolecular Hbond substituents is 1. The molecule has 0 spiro atoms. The summed E-state index contributed by atoms with van der Waals surface area (Å²) in [4.78, 5) is 16.4. The minimum absolute atomic E-state index is 0.0184. The van der Waals surface area contributed by atoms with Gasteiger partial charge in [0.15, 0.2) is 0 Å². The van der Waals surface area contributed by atoms with Crippen molar-refractivity contribution in [3.05, 3.63) is 65.2 Å². The Hall–Kier alpha value is -2.37. The van der Waals surface area contributed by atoms with Crippen LogP contribution in [0.3, 0.4) is 0 Å². The van der Waals surface area contributed by atoms with Crippen LogP contribution in [0, 0.1) is 6.92 Å². The number of aliphatic hydroxyl groups is 1. The summed E-state index contributed by atoms with van der Waals surface area (Å²) in [6, 6.07) is 14.5. The zero-order valence-corrected chi connectivity index (χ0v) is 14.4. The molecule has 0 aliphatic carbocycles. The molecule has 0 radical (unpaired) electrons. The van der Waals surface area contributed by atoms with Gasteiger partial charge < -0.3 is 15.1 Å². The number of hydrogen-bond acceptors (Lipinski definition) is 4. The van der Waals surface area contributed by atoms with Gasteiger partial charge in [-0.25, -0.2) is 0 Å². The molecule has 0 saturated carbocycles. The van der Waals surface area contributed by atoms with E-state index in [-0.39, 0.29) is 11.7 Å². The van der Waals surface area contributed by atoms with Crippen molar-refractivity contribution in [1.82, 2.24) is 9.80 Å². The van der Waals surface area contributed by atoms with Crippen LogP contribution in [0.25, 0.3) is 0 Å². The molecule has 1 aliphatic rings. The van der Waals surface area contributed by atoms with Gasteiger partial charge in [-0.1, -0.05) is 36.4 Å². The van der Waals surface area contributed by atoms with E-state index in [0.717, 1.165) is 11.1 Å². The SMILES string of the molecule is Cc1ccccc1C(O)CN1CCN(C(=O)c2ccccc2O)CC1. The summed E-state index contributed by atoms with van der Waals surface area (Å²) in [5.41, 5.74) is 2.38. The Balaban J connectivity index is 1.56.